The number of ether oxygens (including phenoxy) is 1. The van der Waals surface area contributed by atoms with Crippen molar-refractivity contribution in [3.05, 3.63) is 35.9 Å². The first-order valence-corrected chi connectivity index (χ1v) is 5.61. The van der Waals surface area contributed by atoms with E-state index in [9.17, 15) is 14.7 Å². The molecule has 0 bridgehead atoms. The van der Waals surface area contributed by atoms with E-state index in [0.717, 1.165) is 5.56 Å². The molecule has 5 nitrogen and oxygen atoms in total. The van der Waals surface area contributed by atoms with Crippen molar-refractivity contribution in [3.63, 3.8) is 0 Å². The molecule has 0 heterocycles. The van der Waals surface area contributed by atoms with E-state index in [1.807, 2.05) is 30.3 Å². The van der Waals surface area contributed by atoms with Gasteiger partial charge in [-0.3, -0.25) is 5.32 Å². The van der Waals surface area contributed by atoms with E-state index in [-0.39, 0.29) is 6.42 Å². The lowest BCUT2D eigenvalue weighted by molar-refractivity contribution is -0.161. The zero-order valence-electron chi connectivity index (χ0n) is 10.5. The number of methoxy groups -OCH3 is 1. The summed E-state index contributed by atoms with van der Waals surface area (Å²) in [4.78, 5) is 23.0. The van der Waals surface area contributed by atoms with Gasteiger partial charge in [0.05, 0.1) is 7.11 Å². The van der Waals surface area contributed by atoms with Crippen molar-refractivity contribution in [2.75, 3.05) is 14.2 Å². The van der Waals surface area contributed by atoms with Gasteiger partial charge < -0.3 is 9.84 Å². The number of aliphatic carboxylic acids is 1. The van der Waals surface area contributed by atoms with Crippen LogP contribution in [0.1, 0.15) is 12.0 Å². The third kappa shape index (κ3) is 2.87. The number of carbonyl (C=O) groups excluding carboxylic acids is 1. The summed E-state index contributed by atoms with van der Waals surface area (Å²) in [5, 5.41) is 11.8. The van der Waals surface area contributed by atoms with Gasteiger partial charge >= 0.3 is 11.9 Å². The molecule has 0 amide bonds. The summed E-state index contributed by atoms with van der Waals surface area (Å²) in [6, 6.07) is 9.40. The first-order valence-electron chi connectivity index (χ1n) is 5.61. The summed E-state index contributed by atoms with van der Waals surface area (Å²) in [6.07, 6.45) is 0.610. The highest BCUT2D eigenvalue weighted by Crippen LogP contribution is 2.17. The summed E-state index contributed by atoms with van der Waals surface area (Å²) in [7, 11) is 2.62. The molecule has 0 fully saturated rings. The number of esters is 1. The van der Waals surface area contributed by atoms with Crippen molar-refractivity contribution in [3.8, 4) is 0 Å². The number of nitrogens with one attached hydrogen (secondary N) is 1. The molecule has 2 N–H and O–H groups in total. The van der Waals surface area contributed by atoms with Crippen molar-refractivity contribution < 1.29 is 19.4 Å². The van der Waals surface area contributed by atoms with E-state index in [1.165, 1.54) is 14.2 Å². The Morgan fingerprint density at radius 2 is 1.94 bits per heavy atom. The standard InChI is InChI=1S/C13H17NO4/c1-14-13(11(15)16,12(17)18-2)9-8-10-6-4-3-5-7-10/h3-7,14H,8-9H2,1-2H3,(H,15,16). The van der Waals surface area contributed by atoms with Crippen LogP contribution in [0.15, 0.2) is 30.3 Å². The molecule has 1 unspecified atom stereocenters. The third-order valence-corrected chi connectivity index (χ3v) is 2.96. The number of rotatable bonds is 6. The molecule has 0 radical (unpaired) electrons. The van der Waals surface area contributed by atoms with Gasteiger partial charge in [-0.1, -0.05) is 30.3 Å². The Morgan fingerprint density at radius 1 is 1.33 bits per heavy atom. The van der Waals surface area contributed by atoms with Gasteiger partial charge in [-0.05, 0) is 25.5 Å². The molecule has 1 aromatic carbocycles. The quantitative estimate of drug-likeness (QED) is 0.578. The smallest absolute Gasteiger partial charge is 0.337 e. The highest BCUT2D eigenvalue weighted by molar-refractivity contribution is 6.04. The lowest BCUT2D eigenvalue weighted by Gasteiger charge is -2.25. The summed E-state index contributed by atoms with van der Waals surface area (Å²) < 4.78 is 4.57. The second-order valence-corrected chi connectivity index (χ2v) is 3.94. The molecular weight excluding hydrogens is 234 g/mol. The zero-order chi connectivity index (χ0) is 13.6. The van der Waals surface area contributed by atoms with Crippen molar-refractivity contribution in [2.24, 2.45) is 0 Å². The average molecular weight is 251 g/mol. The number of carboxylic acid groups (broad SMARTS) is 1. The van der Waals surface area contributed by atoms with Crippen LogP contribution < -0.4 is 5.32 Å². The molecule has 1 rings (SSSR count). The van der Waals surface area contributed by atoms with E-state index >= 15 is 0 Å². The number of hydrogen-bond acceptors (Lipinski definition) is 4. The topological polar surface area (TPSA) is 75.6 Å². The van der Waals surface area contributed by atoms with Crippen LogP contribution >= 0.6 is 0 Å². The minimum Gasteiger partial charge on any atom is -0.479 e. The van der Waals surface area contributed by atoms with Crippen LogP contribution in [0.2, 0.25) is 0 Å². The molecular formula is C13H17NO4. The molecule has 0 saturated carbocycles. The van der Waals surface area contributed by atoms with Crippen molar-refractivity contribution in [1.29, 1.82) is 0 Å². The number of benzene rings is 1. The van der Waals surface area contributed by atoms with Gasteiger partial charge in [0.1, 0.15) is 0 Å². The molecule has 1 atom stereocenters. The van der Waals surface area contributed by atoms with Crippen LogP contribution in [-0.2, 0) is 20.7 Å². The minimum absolute atomic E-state index is 0.134. The lowest BCUT2D eigenvalue weighted by Crippen LogP contribution is -2.57. The Labute approximate surface area is 106 Å². The Hall–Kier alpha value is -1.88. The fourth-order valence-electron chi connectivity index (χ4n) is 1.78. The maximum atomic E-state index is 11.7. The molecule has 18 heavy (non-hydrogen) atoms. The van der Waals surface area contributed by atoms with Crippen LogP contribution in [0.5, 0.6) is 0 Å². The lowest BCUT2D eigenvalue weighted by atomic mass is 9.91. The summed E-state index contributed by atoms with van der Waals surface area (Å²) >= 11 is 0. The van der Waals surface area contributed by atoms with Crippen LogP contribution in [0, 0.1) is 0 Å². The number of likely N-dealkylation sites (N-methyl/N-ethyl adjacent to an activating group) is 1. The van der Waals surface area contributed by atoms with Gasteiger partial charge in [0.2, 0.25) is 5.54 Å². The SMILES string of the molecule is CNC(CCc1ccccc1)(C(=O)O)C(=O)OC. The molecule has 0 aliphatic carbocycles. The molecule has 98 valence electrons. The van der Waals surface area contributed by atoms with Gasteiger partial charge in [-0.2, -0.15) is 0 Å². The van der Waals surface area contributed by atoms with Crippen molar-refractivity contribution in [2.45, 2.75) is 18.4 Å². The zero-order valence-corrected chi connectivity index (χ0v) is 10.5. The number of carboxylic acids is 1. The van der Waals surface area contributed by atoms with E-state index in [2.05, 4.69) is 10.1 Å². The van der Waals surface area contributed by atoms with E-state index in [1.54, 1.807) is 0 Å². The average Bonchev–Trinajstić information content (AvgIpc) is 2.40. The number of carbonyl (C=O) groups is 2. The fraction of sp³-hybridized carbons (Fsp3) is 0.385. The van der Waals surface area contributed by atoms with Crippen molar-refractivity contribution in [1.82, 2.24) is 5.32 Å². The second kappa shape index (κ2) is 6.16. The van der Waals surface area contributed by atoms with E-state index < -0.39 is 17.5 Å². The molecule has 0 spiro atoms. The minimum atomic E-state index is -1.69. The number of aryl methyl sites for hydroxylation is 1. The molecule has 0 aromatic heterocycles. The largest absolute Gasteiger partial charge is 0.479 e. The predicted molar refractivity (Wildman–Crippen MR) is 66.2 cm³/mol. The van der Waals surface area contributed by atoms with E-state index in [4.69, 9.17) is 0 Å². The highest BCUT2D eigenvalue weighted by atomic mass is 16.5. The van der Waals surface area contributed by atoms with Crippen LogP contribution in [0.4, 0.5) is 0 Å². The molecule has 5 heteroatoms. The fourth-order valence-corrected chi connectivity index (χ4v) is 1.78. The van der Waals surface area contributed by atoms with Gasteiger partial charge in [-0.15, -0.1) is 0 Å². The highest BCUT2D eigenvalue weighted by Gasteiger charge is 2.45. The Kier molecular flexibility index (Phi) is 4.85. The summed E-state index contributed by atoms with van der Waals surface area (Å²) in [6.45, 7) is 0. The van der Waals surface area contributed by atoms with Gasteiger partial charge in [0.25, 0.3) is 0 Å². The molecule has 0 aliphatic rings. The van der Waals surface area contributed by atoms with Crippen LogP contribution in [0.3, 0.4) is 0 Å². The normalized spacial score (nSPS) is 13.7. The monoisotopic (exact) mass is 251 g/mol. The Bertz CT molecular complexity index is 418. The van der Waals surface area contributed by atoms with Gasteiger partial charge in [0.15, 0.2) is 0 Å². The summed E-state index contributed by atoms with van der Waals surface area (Å²) in [5.74, 6) is -2.01. The maximum absolute atomic E-state index is 11.7. The Morgan fingerprint density at radius 3 is 2.39 bits per heavy atom. The van der Waals surface area contributed by atoms with Crippen LogP contribution in [-0.4, -0.2) is 36.7 Å². The first kappa shape index (κ1) is 14.2. The molecule has 0 saturated heterocycles. The molecule has 0 aliphatic heterocycles. The van der Waals surface area contributed by atoms with Gasteiger partial charge in [0, 0.05) is 0 Å². The van der Waals surface area contributed by atoms with E-state index in [0.29, 0.717) is 6.42 Å². The number of hydrogen-bond donors (Lipinski definition) is 2. The van der Waals surface area contributed by atoms with Gasteiger partial charge in [-0.25, -0.2) is 9.59 Å². The predicted octanol–water partition coefficient (Wildman–Crippen LogP) is 0.835. The maximum Gasteiger partial charge on any atom is 0.337 e. The third-order valence-electron chi connectivity index (χ3n) is 2.96. The Balaban J connectivity index is 2.86. The van der Waals surface area contributed by atoms with Crippen molar-refractivity contribution >= 4 is 11.9 Å². The molecule has 1 aromatic rings. The summed E-state index contributed by atoms with van der Waals surface area (Å²) in [5.41, 5.74) is -0.716. The second-order valence-electron chi connectivity index (χ2n) is 3.94. The first-order chi connectivity index (χ1) is 8.56. The van der Waals surface area contributed by atoms with Crippen LogP contribution in [0.25, 0.3) is 0 Å².